The minimum absolute atomic E-state index is 0.453. The molecule has 2 aromatic heterocycles. The normalized spacial score (nSPS) is 22.7. The third-order valence-electron chi connectivity index (χ3n) is 4.42. The van der Waals surface area contributed by atoms with Gasteiger partial charge >= 0.3 is 0 Å². The predicted octanol–water partition coefficient (Wildman–Crippen LogP) is 2.41. The van der Waals surface area contributed by atoms with Gasteiger partial charge in [0, 0.05) is 43.0 Å². The van der Waals surface area contributed by atoms with Crippen molar-refractivity contribution < 1.29 is 0 Å². The average Bonchev–Trinajstić information content (AvgIpc) is 3.07. The fourth-order valence-electron chi connectivity index (χ4n) is 3.05. The standard InChI is InChI=1S/C14H20N6S/c1-2-19-9-15-17-13(19)11-4-3-7-20(8-11)14-16-12(18-21-14)10-5-6-10/h9-11H,2-8H2,1H3. The van der Waals surface area contributed by atoms with Crippen molar-refractivity contribution >= 4 is 16.7 Å². The van der Waals surface area contributed by atoms with E-state index < -0.39 is 0 Å². The lowest BCUT2D eigenvalue weighted by Crippen LogP contribution is -2.35. The molecule has 1 aliphatic carbocycles. The number of anilines is 1. The molecule has 1 aliphatic heterocycles. The second-order valence-corrected chi connectivity index (χ2v) is 6.70. The second kappa shape index (κ2) is 5.36. The van der Waals surface area contributed by atoms with Gasteiger partial charge in [0.15, 0.2) is 0 Å². The van der Waals surface area contributed by atoms with Crippen LogP contribution in [0, 0.1) is 0 Å². The molecule has 0 N–H and O–H groups in total. The van der Waals surface area contributed by atoms with Gasteiger partial charge in [-0.3, -0.25) is 0 Å². The van der Waals surface area contributed by atoms with Gasteiger partial charge in [-0.15, -0.1) is 10.2 Å². The van der Waals surface area contributed by atoms with E-state index in [1.807, 2.05) is 6.33 Å². The van der Waals surface area contributed by atoms with Crippen molar-refractivity contribution in [1.82, 2.24) is 24.1 Å². The van der Waals surface area contributed by atoms with Crippen LogP contribution in [-0.4, -0.2) is 37.2 Å². The van der Waals surface area contributed by atoms with Gasteiger partial charge in [0.2, 0.25) is 5.13 Å². The van der Waals surface area contributed by atoms with E-state index >= 15 is 0 Å². The van der Waals surface area contributed by atoms with Crippen LogP contribution in [0.15, 0.2) is 6.33 Å². The number of piperidine rings is 1. The van der Waals surface area contributed by atoms with Crippen molar-refractivity contribution in [3.05, 3.63) is 18.0 Å². The van der Waals surface area contributed by atoms with E-state index in [1.165, 1.54) is 25.7 Å². The minimum atomic E-state index is 0.453. The zero-order valence-corrected chi connectivity index (χ0v) is 13.1. The zero-order valence-electron chi connectivity index (χ0n) is 12.3. The second-order valence-electron chi connectivity index (χ2n) is 5.97. The van der Waals surface area contributed by atoms with Gasteiger partial charge in [-0.1, -0.05) is 0 Å². The first kappa shape index (κ1) is 13.2. The molecule has 0 radical (unpaired) electrons. The van der Waals surface area contributed by atoms with Crippen LogP contribution in [0.1, 0.15) is 56.1 Å². The highest BCUT2D eigenvalue weighted by Gasteiger charge is 2.30. The summed E-state index contributed by atoms with van der Waals surface area (Å²) < 4.78 is 6.69. The van der Waals surface area contributed by atoms with Gasteiger partial charge in [-0.25, -0.2) is 4.98 Å². The summed E-state index contributed by atoms with van der Waals surface area (Å²) in [5.74, 6) is 3.27. The smallest absolute Gasteiger partial charge is 0.205 e. The molecule has 112 valence electrons. The number of hydrogen-bond donors (Lipinski definition) is 0. The van der Waals surface area contributed by atoms with Gasteiger partial charge in [0.25, 0.3) is 0 Å². The summed E-state index contributed by atoms with van der Waals surface area (Å²) in [5.41, 5.74) is 0. The molecule has 3 heterocycles. The van der Waals surface area contributed by atoms with E-state index in [4.69, 9.17) is 4.98 Å². The molecule has 4 rings (SSSR count). The Morgan fingerprint density at radius 3 is 3.00 bits per heavy atom. The highest BCUT2D eigenvalue weighted by atomic mass is 32.1. The average molecular weight is 304 g/mol. The fraction of sp³-hybridized carbons (Fsp3) is 0.714. The molecule has 2 fully saturated rings. The summed E-state index contributed by atoms with van der Waals surface area (Å²) in [4.78, 5) is 7.13. The van der Waals surface area contributed by atoms with Gasteiger partial charge in [-0.05, 0) is 32.6 Å². The summed E-state index contributed by atoms with van der Waals surface area (Å²) in [6.07, 6.45) is 6.73. The summed E-state index contributed by atoms with van der Waals surface area (Å²) in [7, 11) is 0. The quantitative estimate of drug-likeness (QED) is 0.868. The molecule has 2 aliphatic rings. The monoisotopic (exact) mass is 304 g/mol. The van der Waals surface area contributed by atoms with E-state index in [0.29, 0.717) is 11.8 Å². The number of aryl methyl sites for hydroxylation is 1. The van der Waals surface area contributed by atoms with E-state index in [-0.39, 0.29) is 0 Å². The molecule has 1 atom stereocenters. The molecular formula is C14H20N6S. The highest BCUT2D eigenvalue weighted by Crippen LogP contribution is 2.40. The van der Waals surface area contributed by atoms with E-state index in [2.05, 4.69) is 31.0 Å². The van der Waals surface area contributed by atoms with Crippen LogP contribution in [0.2, 0.25) is 0 Å². The maximum absolute atomic E-state index is 4.74. The van der Waals surface area contributed by atoms with Gasteiger partial charge in [0.05, 0.1) is 0 Å². The Hall–Kier alpha value is -1.50. The largest absolute Gasteiger partial charge is 0.346 e. The van der Waals surface area contributed by atoms with Crippen LogP contribution in [0.5, 0.6) is 0 Å². The van der Waals surface area contributed by atoms with Gasteiger partial charge in [0.1, 0.15) is 18.0 Å². The van der Waals surface area contributed by atoms with Crippen LogP contribution in [0.25, 0.3) is 0 Å². The van der Waals surface area contributed by atoms with E-state index in [0.717, 1.165) is 36.4 Å². The maximum atomic E-state index is 4.74. The van der Waals surface area contributed by atoms with E-state index in [9.17, 15) is 0 Å². The Labute approximate surface area is 128 Å². The Morgan fingerprint density at radius 1 is 1.29 bits per heavy atom. The first-order valence-electron chi connectivity index (χ1n) is 7.81. The number of hydrogen-bond acceptors (Lipinski definition) is 6. The molecule has 0 bridgehead atoms. The third-order valence-corrected chi connectivity index (χ3v) is 5.21. The van der Waals surface area contributed by atoms with Crippen molar-refractivity contribution in [3.8, 4) is 0 Å². The fourth-order valence-corrected chi connectivity index (χ4v) is 3.83. The lowest BCUT2D eigenvalue weighted by Gasteiger charge is -2.31. The molecular weight excluding hydrogens is 284 g/mol. The molecule has 1 saturated carbocycles. The topological polar surface area (TPSA) is 59.7 Å². The Bertz CT molecular complexity index is 617. The van der Waals surface area contributed by atoms with E-state index in [1.54, 1.807) is 11.5 Å². The van der Waals surface area contributed by atoms with Gasteiger partial charge in [-0.2, -0.15) is 4.37 Å². The minimum Gasteiger partial charge on any atom is -0.346 e. The Morgan fingerprint density at radius 2 is 2.19 bits per heavy atom. The van der Waals surface area contributed by atoms with Crippen LogP contribution in [0.3, 0.4) is 0 Å². The van der Waals surface area contributed by atoms with Crippen molar-refractivity contribution in [1.29, 1.82) is 0 Å². The van der Waals surface area contributed by atoms with Crippen LogP contribution >= 0.6 is 11.5 Å². The molecule has 0 spiro atoms. The first-order valence-corrected chi connectivity index (χ1v) is 8.58. The number of rotatable bonds is 4. The summed E-state index contributed by atoms with van der Waals surface area (Å²) >= 11 is 1.56. The van der Waals surface area contributed by atoms with Crippen molar-refractivity contribution in [3.63, 3.8) is 0 Å². The van der Waals surface area contributed by atoms with Crippen molar-refractivity contribution in [2.75, 3.05) is 18.0 Å². The number of nitrogens with zero attached hydrogens (tertiary/aromatic N) is 6. The van der Waals surface area contributed by atoms with Crippen LogP contribution < -0.4 is 4.90 Å². The lowest BCUT2D eigenvalue weighted by molar-refractivity contribution is 0.472. The SMILES string of the molecule is CCn1cnnc1C1CCCN(c2nc(C3CC3)ns2)C1. The molecule has 0 amide bonds. The first-order chi connectivity index (χ1) is 10.3. The zero-order chi connectivity index (χ0) is 14.2. The Kier molecular flexibility index (Phi) is 3.37. The third kappa shape index (κ3) is 2.54. The highest BCUT2D eigenvalue weighted by molar-refractivity contribution is 7.09. The lowest BCUT2D eigenvalue weighted by atomic mass is 9.97. The summed E-state index contributed by atoms with van der Waals surface area (Å²) in [6, 6.07) is 0. The van der Waals surface area contributed by atoms with Gasteiger partial charge < -0.3 is 9.47 Å². The van der Waals surface area contributed by atoms with Crippen LogP contribution in [-0.2, 0) is 6.54 Å². The Balaban J connectivity index is 1.51. The molecule has 6 nitrogen and oxygen atoms in total. The molecule has 21 heavy (non-hydrogen) atoms. The molecule has 1 saturated heterocycles. The molecule has 2 aromatic rings. The summed E-state index contributed by atoms with van der Waals surface area (Å²) in [6.45, 7) is 5.14. The predicted molar refractivity (Wildman–Crippen MR) is 81.8 cm³/mol. The van der Waals surface area contributed by atoms with Crippen molar-refractivity contribution in [2.45, 2.75) is 51.0 Å². The maximum Gasteiger partial charge on any atom is 0.205 e. The number of aromatic nitrogens is 5. The summed E-state index contributed by atoms with van der Waals surface area (Å²) in [5, 5.41) is 9.49. The molecule has 0 aromatic carbocycles. The molecule has 7 heteroatoms. The van der Waals surface area contributed by atoms with Crippen LogP contribution in [0.4, 0.5) is 5.13 Å². The molecule has 1 unspecified atom stereocenters. The van der Waals surface area contributed by atoms with Crippen molar-refractivity contribution in [2.24, 2.45) is 0 Å².